The Bertz CT molecular complexity index is 777. The Morgan fingerprint density at radius 3 is 2.43 bits per heavy atom. The van der Waals surface area contributed by atoms with Gasteiger partial charge in [0, 0.05) is 24.0 Å². The monoisotopic (exact) mass is 382 g/mol. The van der Waals surface area contributed by atoms with Gasteiger partial charge in [0.25, 0.3) is 5.91 Å². The highest BCUT2D eigenvalue weighted by Gasteiger charge is 2.23. The first-order valence-corrected chi connectivity index (χ1v) is 9.62. The molecule has 1 fully saturated rings. The van der Waals surface area contributed by atoms with Crippen LogP contribution in [0.3, 0.4) is 0 Å². The van der Waals surface area contributed by atoms with E-state index >= 15 is 0 Å². The van der Waals surface area contributed by atoms with E-state index in [1.165, 1.54) is 0 Å². The summed E-state index contributed by atoms with van der Waals surface area (Å²) in [6.45, 7) is 2.30. The van der Waals surface area contributed by atoms with Crippen molar-refractivity contribution in [3.8, 4) is 5.75 Å². The lowest BCUT2D eigenvalue weighted by molar-refractivity contribution is -0.154. The topological polar surface area (TPSA) is 67.9 Å². The third-order valence-corrected chi connectivity index (χ3v) is 4.75. The Labute approximate surface area is 165 Å². The lowest BCUT2D eigenvalue weighted by Crippen LogP contribution is -2.44. The summed E-state index contributed by atoms with van der Waals surface area (Å²) in [5.74, 6) is -0.132. The molecule has 1 amide bonds. The van der Waals surface area contributed by atoms with Gasteiger partial charge in [-0.3, -0.25) is 4.79 Å². The molecule has 1 heterocycles. The van der Waals surface area contributed by atoms with E-state index in [0.29, 0.717) is 5.75 Å². The quantitative estimate of drug-likeness (QED) is 0.739. The number of ether oxygens (including phenoxy) is 2. The van der Waals surface area contributed by atoms with Crippen LogP contribution in [-0.2, 0) is 14.3 Å². The molecule has 0 bridgehead atoms. The summed E-state index contributed by atoms with van der Waals surface area (Å²) >= 11 is 0. The van der Waals surface area contributed by atoms with Gasteiger partial charge < -0.3 is 19.7 Å². The van der Waals surface area contributed by atoms with Gasteiger partial charge in [-0.15, -0.1) is 0 Å². The molecule has 0 saturated carbocycles. The van der Waals surface area contributed by atoms with Crippen molar-refractivity contribution < 1.29 is 19.1 Å². The summed E-state index contributed by atoms with van der Waals surface area (Å²) in [5, 5.41) is 3.27. The maximum Gasteiger partial charge on any atom is 0.344 e. The molecular weight excluding hydrogens is 356 g/mol. The Morgan fingerprint density at radius 1 is 1.00 bits per heavy atom. The van der Waals surface area contributed by atoms with Crippen LogP contribution >= 0.6 is 0 Å². The zero-order valence-corrected chi connectivity index (χ0v) is 16.1. The van der Waals surface area contributed by atoms with Crippen molar-refractivity contribution >= 4 is 23.3 Å². The molecule has 0 aliphatic carbocycles. The second-order valence-corrected chi connectivity index (χ2v) is 6.90. The fourth-order valence-corrected chi connectivity index (χ4v) is 3.20. The number of nitrogens with one attached hydrogen (secondary N) is 1. The number of hydrogen-bond donors (Lipinski definition) is 1. The number of esters is 1. The highest BCUT2D eigenvalue weighted by molar-refractivity contribution is 5.81. The number of anilines is 2. The van der Waals surface area contributed by atoms with Crippen molar-refractivity contribution in [2.24, 2.45) is 0 Å². The summed E-state index contributed by atoms with van der Waals surface area (Å²) in [6, 6.07) is 17.3. The second kappa shape index (κ2) is 9.78. The summed E-state index contributed by atoms with van der Waals surface area (Å²) in [4.78, 5) is 25.8. The van der Waals surface area contributed by atoms with E-state index in [1.54, 1.807) is 17.0 Å². The van der Waals surface area contributed by atoms with E-state index in [0.717, 1.165) is 37.2 Å². The van der Waals surface area contributed by atoms with Gasteiger partial charge in [0.15, 0.2) is 13.2 Å². The van der Waals surface area contributed by atoms with Gasteiger partial charge in [0.1, 0.15) is 5.75 Å². The smallest absolute Gasteiger partial charge is 0.344 e. The van der Waals surface area contributed by atoms with Crippen LogP contribution in [0.1, 0.15) is 26.2 Å². The van der Waals surface area contributed by atoms with Crippen LogP contribution in [0.4, 0.5) is 11.4 Å². The van der Waals surface area contributed by atoms with Crippen molar-refractivity contribution in [2.45, 2.75) is 32.2 Å². The Hall–Kier alpha value is -3.02. The molecule has 6 heteroatoms. The average molecular weight is 382 g/mol. The lowest BCUT2D eigenvalue weighted by Gasteiger charge is -2.33. The Morgan fingerprint density at radius 2 is 1.71 bits per heavy atom. The fraction of sp³-hybridized carbons (Fsp3) is 0.364. The molecule has 0 aromatic heterocycles. The number of benzene rings is 2. The van der Waals surface area contributed by atoms with Gasteiger partial charge in [-0.2, -0.15) is 0 Å². The molecule has 1 saturated heterocycles. The number of rotatable bonds is 7. The van der Waals surface area contributed by atoms with Crippen LogP contribution in [-0.4, -0.2) is 42.6 Å². The maximum absolute atomic E-state index is 12.2. The minimum absolute atomic E-state index is 0.142. The highest BCUT2D eigenvalue weighted by Crippen LogP contribution is 2.20. The molecule has 1 N–H and O–H groups in total. The van der Waals surface area contributed by atoms with Gasteiger partial charge in [-0.05, 0) is 62.6 Å². The number of likely N-dealkylation sites (tertiary alicyclic amines) is 1. The molecule has 148 valence electrons. The van der Waals surface area contributed by atoms with E-state index in [2.05, 4.69) is 5.32 Å². The standard InChI is InChI=1S/C22H26N2O4/c1-17-7-5-6-14-24(17)21(25)15-28-22(26)16-27-20-12-10-19(11-13-20)23-18-8-3-2-4-9-18/h2-4,8-13,17,23H,5-7,14-16H2,1H3/t17-/m1/s1. The molecule has 1 aliphatic rings. The lowest BCUT2D eigenvalue weighted by atomic mass is 10.0. The van der Waals surface area contributed by atoms with E-state index in [1.807, 2.05) is 49.4 Å². The average Bonchev–Trinajstić information content (AvgIpc) is 2.72. The van der Waals surface area contributed by atoms with Crippen LogP contribution in [0.15, 0.2) is 54.6 Å². The largest absolute Gasteiger partial charge is 0.482 e. The molecule has 3 rings (SSSR count). The first-order valence-electron chi connectivity index (χ1n) is 9.62. The van der Waals surface area contributed by atoms with Crippen LogP contribution in [0.2, 0.25) is 0 Å². The van der Waals surface area contributed by atoms with Crippen molar-refractivity contribution in [2.75, 3.05) is 25.1 Å². The fourth-order valence-electron chi connectivity index (χ4n) is 3.20. The van der Waals surface area contributed by atoms with Crippen LogP contribution in [0.5, 0.6) is 5.75 Å². The SMILES string of the molecule is C[C@@H]1CCCCN1C(=O)COC(=O)COc1ccc(Nc2ccccc2)cc1. The zero-order valence-electron chi connectivity index (χ0n) is 16.1. The molecule has 28 heavy (non-hydrogen) atoms. The molecule has 0 spiro atoms. The molecule has 2 aromatic rings. The first-order chi connectivity index (χ1) is 13.6. The predicted octanol–water partition coefficient (Wildman–Crippen LogP) is 3.75. The third-order valence-electron chi connectivity index (χ3n) is 4.75. The Balaban J connectivity index is 1.40. The third kappa shape index (κ3) is 5.74. The molecular formula is C22H26N2O4. The van der Waals surface area contributed by atoms with E-state index < -0.39 is 5.97 Å². The molecule has 0 unspecified atom stereocenters. The molecule has 0 radical (unpaired) electrons. The number of carbonyl (C=O) groups excluding carboxylic acids is 2. The normalized spacial score (nSPS) is 16.3. The molecule has 2 aromatic carbocycles. The van der Waals surface area contributed by atoms with Crippen molar-refractivity contribution in [1.29, 1.82) is 0 Å². The summed E-state index contributed by atoms with van der Waals surface area (Å²) in [7, 11) is 0. The van der Waals surface area contributed by atoms with Crippen LogP contribution < -0.4 is 10.1 Å². The van der Waals surface area contributed by atoms with E-state index in [4.69, 9.17) is 9.47 Å². The molecule has 1 atom stereocenters. The van der Waals surface area contributed by atoms with Gasteiger partial charge in [-0.25, -0.2) is 4.79 Å². The van der Waals surface area contributed by atoms with E-state index in [-0.39, 0.29) is 25.2 Å². The number of nitrogens with zero attached hydrogens (tertiary/aromatic N) is 1. The zero-order chi connectivity index (χ0) is 19.8. The predicted molar refractivity (Wildman–Crippen MR) is 108 cm³/mol. The van der Waals surface area contributed by atoms with Gasteiger partial charge in [0.2, 0.25) is 0 Å². The highest BCUT2D eigenvalue weighted by atomic mass is 16.6. The summed E-state index contributed by atoms with van der Waals surface area (Å²) in [6.07, 6.45) is 3.14. The molecule has 1 aliphatic heterocycles. The first kappa shape index (κ1) is 19.7. The van der Waals surface area contributed by atoms with Crippen LogP contribution in [0, 0.1) is 0 Å². The van der Waals surface area contributed by atoms with Crippen molar-refractivity contribution in [3.05, 3.63) is 54.6 Å². The van der Waals surface area contributed by atoms with Crippen molar-refractivity contribution in [3.63, 3.8) is 0 Å². The van der Waals surface area contributed by atoms with E-state index in [9.17, 15) is 9.59 Å². The molecule has 6 nitrogen and oxygen atoms in total. The van der Waals surface area contributed by atoms with Gasteiger partial charge in [-0.1, -0.05) is 18.2 Å². The Kier molecular flexibility index (Phi) is 6.89. The summed E-state index contributed by atoms with van der Waals surface area (Å²) < 4.78 is 10.5. The minimum atomic E-state index is -0.551. The van der Waals surface area contributed by atoms with Gasteiger partial charge in [0.05, 0.1) is 0 Å². The minimum Gasteiger partial charge on any atom is -0.482 e. The number of para-hydroxylation sites is 1. The maximum atomic E-state index is 12.2. The number of amides is 1. The van der Waals surface area contributed by atoms with Crippen LogP contribution in [0.25, 0.3) is 0 Å². The van der Waals surface area contributed by atoms with Crippen molar-refractivity contribution in [1.82, 2.24) is 4.90 Å². The van der Waals surface area contributed by atoms with Gasteiger partial charge >= 0.3 is 5.97 Å². The number of carbonyl (C=O) groups is 2. The summed E-state index contributed by atoms with van der Waals surface area (Å²) in [5.41, 5.74) is 1.91. The number of piperidine rings is 1. The number of hydrogen-bond acceptors (Lipinski definition) is 5. The second-order valence-electron chi connectivity index (χ2n) is 6.90.